The molecule has 1 unspecified atom stereocenters. The van der Waals surface area contributed by atoms with Gasteiger partial charge in [-0.1, -0.05) is 37.5 Å². The van der Waals surface area contributed by atoms with Crippen LogP contribution in [0.2, 0.25) is 0 Å². The molecule has 3 aliphatic rings. The number of amides is 4. The zero-order chi connectivity index (χ0) is 20.4. The normalized spacial score (nSPS) is 23.8. The van der Waals surface area contributed by atoms with E-state index in [-0.39, 0.29) is 23.8 Å². The lowest BCUT2D eigenvalue weighted by Gasteiger charge is -2.30. The first kappa shape index (κ1) is 19.7. The standard InChI is InChI=1S/C22H29N3O4/c1-2-29-18-9-5-4-8-17(18)15-24-13-16(12-19(24)26)14-25-20(27)22(23-21(25)28)10-6-3-7-11-22/h4-5,8-9,16H,2-3,6-7,10-15H2,1H3,(H,23,28). The van der Waals surface area contributed by atoms with Gasteiger partial charge in [0, 0.05) is 37.5 Å². The molecule has 4 rings (SSSR count). The molecular formula is C22H29N3O4. The summed E-state index contributed by atoms with van der Waals surface area (Å²) in [6.07, 6.45) is 4.85. The van der Waals surface area contributed by atoms with Crippen molar-refractivity contribution in [2.45, 2.75) is 57.5 Å². The third-order valence-electron chi connectivity index (χ3n) is 6.32. The number of para-hydroxylation sites is 1. The molecule has 1 spiro atoms. The highest BCUT2D eigenvalue weighted by atomic mass is 16.5. The summed E-state index contributed by atoms with van der Waals surface area (Å²) >= 11 is 0. The molecule has 1 N–H and O–H groups in total. The molecule has 3 fully saturated rings. The quantitative estimate of drug-likeness (QED) is 0.746. The van der Waals surface area contributed by atoms with E-state index in [1.54, 1.807) is 4.90 Å². The van der Waals surface area contributed by atoms with Crippen LogP contribution in [-0.2, 0) is 16.1 Å². The number of hydrogen-bond donors (Lipinski definition) is 1. The van der Waals surface area contributed by atoms with E-state index < -0.39 is 5.54 Å². The zero-order valence-electron chi connectivity index (χ0n) is 17.0. The van der Waals surface area contributed by atoms with Crippen molar-refractivity contribution in [3.8, 4) is 5.75 Å². The maximum Gasteiger partial charge on any atom is 0.325 e. The van der Waals surface area contributed by atoms with Crippen molar-refractivity contribution in [2.24, 2.45) is 5.92 Å². The summed E-state index contributed by atoms with van der Waals surface area (Å²) in [4.78, 5) is 41.2. The summed E-state index contributed by atoms with van der Waals surface area (Å²) in [5.41, 5.74) is 0.271. The summed E-state index contributed by atoms with van der Waals surface area (Å²) in [7, 11) is 0. The molecule has 7 heteroatoms. The Morgan fingerprint density at radius 2 is 1.90 bits per heavy atom. The van der Waals surface area contributed by atoms with Crippen LogP contribution >= 0.6 is 0 Å². The molecule has 156 valence electrons. The Morgan fingerprint density at radius 1 is 1.14 bits per heavy atom. The van der Waals surface area contributed by atoms with Crippen molar-refractivity contribution in [2.75, 3.05) is 19.7 Å². The highest BCUT2D eigenvalue weighted by molar-refractivity contribution is 6.07. The van der Waals surface area contributed by atoms with Gasteiger partial charge in [-0.2, -0.15) is 0 Å². The van der Waals surface area contributed by atoms with Crippen molar-refractivity contribution in [3.63, 3.8) is 0 Å². The van der Waals surface area contributed by atoms with Crippen molar-refractivity contribution < 1.29 is 19.1 Å². The Labute approximate surface area is 171 Å². The van der Waals surface area contributed by atoms with Crippen LogP contribution in [0.3, 0.4) is 0 Å². The summed E-state index contributed by atoms with van der Waals surface area (Å²) in [5.74, 6) is 0.713. The molecule has 1 aromatic carbocycles. The number of benzene rings is 1. The van der Waals surface area contributed by atoms with E-state index in [1.165, 1.54) is 4.90 Å². The molecule has 1 atom stereocenters. The fraction of sp³-hybridized carbons (Fsp3) is 0.591. The van der Waals surface area contributed by atoms with Gasteiger partial charge in [-0.25, -0.2) is 4.79 Å². The Hall–Kier alpha value is -2.57. The number of nitrogens with one attached hydrogen (secondary N) is 1. The molecule has 2 heterocycles. The van der Waals surface area contributed by atoms with Gasteiger partial charge in [0.15, 0.2) is 0 Å². The number of carbonyl (C=O) groups is 3. The van der Waals surface area contributed by atoms with Gasteiger partial charge < -0.3 is 15.0 Å². The Morgan fingerprint density at radius 3 is 2.66 bits per heavy atom. The molecule has 1 aromatic rings. The molecule has 1 saturated carbocycles. The topological polar surface area (TPSA) is 79.0 Å². The van der Waals surface area contributed by atoms with Crippen molar-refractivity contribution in [1.82, 2.24) is 15.1 Å². The molecule has 0 radical (unpaired) electrons. The number of hydrogen-bond acceptors (Lipinski definition) is 4. The van der Waals surface area contributed by atoms with Crippen molar-refractivity contribution in [3.05, 3.63) is 29.8 Å². The highest BCUT2D eigenvalue weighted by Gasteiger charge is 2.52. The molecule has 2 saturated heterocycles. The third-order valence-corrected chi connectivity index (χ3v) is 6.32. The van der Waals surface area contributed by atoms with Crippen molar-refractivity contribution >= 4 is 17.8 Å². The first-order valence-electron chi connectivity index (χ1n) is 10.6. The van der Waals surface area contributed by atoms with Gasteiger partial charge in [0.2, 0.25) is 5.91 Å². The predicted molar refractivity (Wildman–Crippen MR) is 107 cm³/mol. The Kier molecular flexibility index (Phi) is 5.48. The minimum atomic E-state index is -0.700. The van der Waals surface area contributed by atoms with Gasteiger partial charge in [0.05, 0.1) is 6.61 Å². The first-order chi connectivity index (χ1) is 14.0. The smallest absolute Gasteiger partial charge is 0.325 e. The number of likely N-dealkylation sites (tertiary alicyclic amines) is 1. The maximum atomic E-state index is 13.0. The summed E-state index contributed by atoms with van der Waals surface area (Å²) in [6, 6.07) is 7.43. The number of imide groups is 1. The van der Waals surface area contributed by atoms with Crippen LogP contribution in [-0.4, -0.2) is 52.9 Å². The lowest BCUT2D eigenvalue weighted by atomic mass is 9.81. The van der Waals surface area contributed by atoms with Crippen LogP contribution in [0, 0.1) is 5.92 Å². The summed E-state index contributed by atoms with van der Waals surface area (Å²) in [6.45, 7) is 3.84. The maximum absolute atomic E-state index is 13.0. The number of ether oxygens (including phenoxy) is 1. The molecule has 4 amide bonds. The van der Waals surface area contributed by atoms with E-state index in [0.29, 0.717) is 32.7 Å². The van der Waals surface area contributed by atoms with E-state index in [4.69, 9.17) is 4.74 Å². The number of carbonyl (C=O) groups excluding carboxylic acids is 3. The molecular weight excluding hydrogens is 370 g/mol. The summed E-state index contributed by atoms with van der Waals surface area (Å²) < 4.78 is 5.67. The van der Waals surface area contributed by atoms with Crippen LogP contribution in [0.25, 0.3) is 0 Å². The highest BCUT2D eigenvalue weighted by Crippen LogP contribution is 2.35. The second-order valence-electron chi connectivity index (χ2n) is 8.37. The van der Waals surface area contributed by atoms with E-state index in [2.05, 4.69) is 5.32 Å². The predicted octanol–water partition coefficient (Wildman–Crippen LogP) is 2.69. The fourth-order valence-corrected chi connectivity index (χ4v) is 4.86. The van der Waals surface area contributed by atoms with E-state index >= 15 is 0 Å². The van der Waals surface area contributed by atoms with E-state index in [0.717, 1.165) is 43.4 Å². The molecule has 7 nitrogen and oxygen atoms in total. The van der Waals surface area contributed by atoms with Gasteiger partial charge >= 0.3 is 6.03 Å². The second-order valence-corrected chi connectivity index (χ2v) is 8.37. The third kappa shape index (κ3) is 3.82. The van der Waals surface area contributed by atoms with Crippen LogP contribution in [0.1, 0.15) is 51.0 Å². The van der Waals surface area contributed by atoms with Crippen LogP contribution in [0.5, 0.6) is 5.75 Å². The minimum absolute atomic E-state index is 0.0322. The van der Waals surface area contributed by atoms with Gasteiger partial charge in [-0.3, -0.25) is 14.5 Å². The SMILES string of the molecule is CCOc1ccccc1CN1CC(CN2C(=O)NC3(CCCCC3)C2=O)CC1=O. The monoisotopic (exact) mass is 399 g/mol. The van der Waals surface area contributed by atoms with Crippen molar-refractivity contribution in [1.29, 1.82) is 0 Å². The average Bonchev–Trinajstić information content (AvgIpc) is 3.16. The number of urea groups is 1. The van der Waals surface area contributed by atoms with E-state index in [1.807, 2.05) is 31.2 Å². The van der Waals surface area contributed by atoms with Gasteiger partial charge in [-0.15, -0.1) is 0 Å². The molecule has 2 aliphatic heterocycles. The molecule has 0 bridgehead atoms. The number of rotatable bonds is 6. The minimum Gasteiger partial charge on any atom is -0.494 e. The molecule has 0 aromatic heterocycles. The van der Waals surface area contributed by atoms with Crippen LogP contribution < -0.4 is 10.1 Å². The second kappa shape index (κ2) is 8.05. The fourth-order valence-electron chi connectivity index (χ4n) is 4.86. The van der Waals surface area contributed by atoms with Crippen LogP contribution in [0.15, 0.2) is 24.3 Å². The van der Waals surface area contributed by atoms with Gasteiger partial charge in [0.25, 0.3) is 5.91 Å². The lowest BCUT2D eigenvalue weighted by molar-refractivity contribution is -0.133. The van der Waals surface area contributed by atoms with Gasteiger partial charge in [-0.05, 0) is 25.8 Å². The number of nitrogens with zero attached hydrogens (tertiary/aromatic N) is 2. The first-order valence-corrected chi connectivity index (χ1v) is 10.6. The summed E-state index contributed by atoms with van der Waals surface area (Å²) in [5, 5.41) is 2.95. The molecule has 1 aliphatic carbocycles. The zero-order valence-corrected chi connectivity index (χ0v) is 17.0. The van der Waals surface area contributed by atoms with Gasteiger partial charge in [0.1, 0.15) is 11.3 Å². The van der Waals surface area contributed by atoms with E-state index in [9.17, 15) is 14.4 Å². The van der Waals surface area contributed by atoms with Crippen LogP contribution in [0.4, 0.5) is 4.79 Å². The average molecular weight is 399 g/mol. The lowest BCUT2D eigenvalue weighted by Crippen LogP contribution is -2.48. The Balaban J connectivity index is 1.40. The Bertz CT molecular complexity index is 803. The largest absolute Gasteiger partial charge is 0.494 e. The molecule has 29 heavy (non-hydrogen) atoms.